The molecule has 1 heterocycles. The highest BCUT2D eigenvalue weighted by molar-refractivity contribution is 7.84. The minimum atomic E-state index is -0.749. The fraction of sp³-hybridized carbons (Fsp3) is 0.917. The van der Waals surface area contributed by atoms with Crippen molar-refractivity contribution in [3.8, 4) is 0 Å². The summed E-state index contributed by atoms with van der Waals surface area (Å²) in [6, 6.07) is 0.526. The molecule has 0 aromatic heterocycles. The van der Waals surface area contributed by atoms with Crippen molar-refractivity contribution in [3.05, 3.63) is 0 Å². The van der Waals surface area contributed by atoms with Crippen LogP contribution in [0.4, 0.5) is 0 Å². The zero-order valence-electron chi connectivity index (χ0n) is 10.7. The van der Waals surface area contributed by atoms with E-state index < -0.39 is 10.8 Å². The van der Waals surface area contributed by atoms with Crippen LogP contribution in [0.5, 0.6) is 0 Å². The maximum atomic E-state index is 11.5. The normalized spacial score (nSPS) is 22.1. The molecule has 1 aliphatic rings. The molecule has 0 aromatic carbocycles. The maximum Gasteiger partial charge on any atom is 0.220 e. The Balaban J connectivity index is 1.98. The number of nitrogens with one attached hydrogen (secondary N) is 2. The van der Waals surface area contributed by atoms with Crippen LogP contribution < -0.4 is 10.6 Å². The Hall–Kier alpha value is -0.420. The van der Waals surface area contributed by atoms with Crippen LogP contribution >= 0.6 is 0 Å². The van der Waals surface area contributed by atoms with Crippen LogP contribution in [0, 0.1) is 0 Å². The molecule has 4 nitrogen and oxygen atoms in total. The fourth-order valence-electron chi connectivity index (χ4n) is 2.07. The van der Waals surface area contributed by atoms with Crippen molar-refractivity contribution in [2.24, 2.45) is 0 Å². The highest BCUT2D eigenvalue weighted by Gasteiger charge is 2.13. The molecule has 1 aliphatic heterocycles. The van der Waals surface area contributed by atoms with Crippen LogP contribution in [0.25, 0.3) is 0 Å². The Morgan fingerprint density at radius 1 is 1.47 bits per heavy atom. The number of piperidine rings is 1. The lowest BCUT2D eigenvalue weighted by atomic mass is 10.0. The fourth-order valence-corrected chi connectivity index (χ4v) is 2.62. The van der Waals surface area contributed by atoms with E-state index in [0.717, 1.165) is 19.4 Å². The minimum absolute atomic E-state index is 0.124. The maximum absolute atomic E-state index is 11.5. The van der Waals surface area contributed by atoms with Gasteiger partial charge in [-0.2, -0.15) is 0 Å². The molecule has 1 rings (SSSR count). The Labute approximate surface area is 106 Å². The third-order valence-electron chi connectivity index (χ3n) is 3.06. The number of hydrogen-bond acceptors (Lipinski definition) is 3. The third-order valence-corrected chi connectivity index (χ3v) is 3.93. The van der Waals surface area contributed by atoms with E-state index in [1.54, 1.807) is 6.26 Å². The zero-order valence-corrected chi connectivity index (χ0v) is 11.5. The van der Waals surface area contributed by atoms with Gasteiger partial charge in [-0.25, -0.2) is 0 Å². The first-order valence-electron chi connectivity index (χ1n) is 6.48. The first-order valence-corrected chi connectivity index (χ1v) is 8.21. The van der Waals surface area contributed by atoms with Crippen molar-refractivity contribution in [2.45, 2.75) is 44.6 Å². The van der Waals surface area contributed by atoms with E-state index in [0.29, 0.717) is 24.8 Å². The summed E-state index contributed by atoms with van der Waals surface area (Å²) < 4.78 is 10.8. The topological polar surface area (TPSA) is 58.2 Å². The van der Waals surface area contributed by atoms with E-state index in [2.05, 4.69) is 10.6 Å². The predicted molar refractivity (Wildman–Crippen MR) is 71.4 cm³/mol. The molecule has 100 valence electrons. The summed E-state index contributed by atoms with van der Waals surface area (Å²) >= 11 is 0. The highest BCUT2D eigenvalue weighted by Crippen LogP contribution is 2.11. The average Bonchev–Trinajstić information content (AvgIpc) is 2.33. The lowest BCUT2D eigenvalue weighted by molar-refractivity contribution is -0.121. The molecule has 0 spiro atoms. The van der Waals surface area contributed by atoms with E-state index in [9.17, 15) is 9.00 Å². The van der Waals surface area contributed by atoms with E-state index >= 15 is 0 Å². The number of carbonyl (C=O) groups excluding carboxylic acids is 1. The first-order chi connectivity index (χ1) is 8.18. The van der Waals surface area contributed by atoms with Gasteiger partial charge in [-0.05, 0) is 32.2 Å². The lowest BCUT2D eigenvalue weighted by Crippen LogP contribution is -2.35. The Kier molecular flexibility index (Phi) is 7.44. The van der Waals surface area contributed by atoms with Gasteiger partial charge in [-0.1, -0.05) is 6.42 Å². The van der Waals surface area contributed by atoms with Gasteiger partial charge >= 0.3 is 0 Å². The molecule has 0 bridgehead atoms. The lowest BCUT2D eigenvalue weighted by Gasteiger charge is -2.23. The van der Waals surface area contributed by atoms with Gasteiger partial charge in [0, 0.05) is 41.8 Å². The van der Waals surface area contributed by atoms with Crippen LogP contribution in [0.1, 0.15) is 38.5 Å². The molecule has 0 radical (unpaired) electrons. The van der Waals surface area contributed by atoms with Gasteiger partial charge in [0.25, 0.3) is 0 Å². The summed E-state index contributed by atoms with van der Waals surface area (Å²) in [6.45, 7) is 1.74. The predicted octanol–water partition coefficient (Wildman–Crippen LogP) is 0.793. The van der Waals surface area contributed by atoms with Crippen molar-refractivity contribution in [1.29, 1.82) is 0 Å². The summed E-state index contributed by atoms with van der Waals surface area (Å²) in [5.41, 5.74) is 0. The molecule has 17 heavy (non-hydrogen) atoms. The number of rotatable bonds is 7. The zero-order chi connectivity index (χ0) is 12.5. The van der Waals surface area contributed by atoms with Gasteiger partial charge in [0.1, 0.15) is 0 Å². The first kappa shape index (κ1) is 14.6. The molecular formula is C12H24N2O2S. The summed E-state index contributed by atoms with van der Waals surface area (Å²) in [4.78, 5) is 11.5. The third kappa shape index (κ3) is 7.49. The van der Waals surface area contributed by atoms with Crippen molar-refractivity contribution < 1.29 is 9.00 Å². The van der Waals surface area contributed by atoms with Crippen LogP contribution in [0.2, 0.25) is 0 Å². The van der Waals surface area contributed by atoms with Gasteiger partial charge < -0.3 is 10.6 Å². The Bertz CT molecular complexity index is 253. The summed E-state index contributed by atoms with van der Waals surface area (Å²) in [5, 5.41) is 6.31. The SMILES string of the molecule is CS(=O)CCCNC(=O)CCC1CCCCN1. The van der Waals surface area contributed by atoms with E-state index in [1.807, 2.05) is 0 Å². The molecule has 0 aromatic rings. The van der Waals surface area contributed by atoms with E-state index in [4.69, 9.17) is 0 Å². The van der Waals surface area contributed by atoms with Gasteiger partial charge in [-0.15, -0.1) is 0 Å². The number of hydrogen-bond donors (Lipinski definition) is 2. The Morgan fingerprint density at radius 3 is 2.94 bits per heavy atom. The van der Waals surface area contributed by atoms with Crippen LogP contribution in [0.3, 0.4) is 0 Å². The van der Waals surface area contributed by atoms with Gasteiger partial charge in [0.15, 0.2) is 0 Å². The molecule has 2 N–H and O–H groups in total. The van der Waals surface area contributed by atoms with Crippen LogP contribution in [-0.2, 0) is 15.6 Å². The molecule has 5 heteroatoms. The van der Waals surface area contributed by atoms with E-state index in [1.165, 1.54) is 19.3 Å². The van der Waals surface area contributed by atoms with Gasteiger partial charge in [0.2, 0.25) is 5.91 Å². The Morgan fingerprint density at radius 2 is 2.29 bits per heavy atom. The van der Waals surface area contributed by atoms with Gasteiger partial charge in [0.05, 0.1) is 0 Å². The number of amides is 1. The summed E-state index contributed by atoms with van der Waals surface area (Å²) in [5.74, 6) is 0.795. The quantitative estimate of drug-likeness (QED) is 0.666. The monoisotopic (exact) mass is 260 g/mol. The molecule has 1 saturated heterocycles. The van der Waals surface area contributed by atoms with Crippen molar-refractivity contribution in [2.75, 3.05) is 25.1 Å². The van der Waals surface area contributed by atoms with Crippen LogP contribution in [0.15, 0.2) is 0 Å². The number of carbonyl (C=O) groups is 1. The molecular weight excluding hydrogens is 236 g/mol. The second kappa shape index (κ2) is 8.64. The second-order valence-electron chi connectivity index (χ2n) is 4.67. The highest BCUT2D eigenvalue weighted by atomic mass is 32.2. The molecule has 2 unspecified atom stereocenters. The van der Waals surface area contributed by atoms with Crippen molar-refractivity contribution in [1.82, 2.24) is 10.6 Å². The van der Waals surface area contributed by atoms with Gasteiger partial charge in [-0.3, -0.25) is 9.00 Å². The van der Waals surface area contributed by atoms with Crippen molar-refractivity contribution >= 4 is 16.7 Å². The molecule has 1 fully saturated rings. The van der Waals surface area contributed by atoms with Crippen molar-refractivity contribution in [3.63, 3.8) is 0 Å². The standard InChI is InChI=1S/C12H24N2O2S/c1-17(16)10-4-9-14-12(15)7-6-11-5-2-3-8-13-11/h11,13H,2-10H2,1H3,(H,14,15). The largest absolute Gasteiger partial charge is 0.356 e. The molecule has 0 aliphatic carbocycles. The molecule has 2 atom stereocenters. The summed E-state index contributed by atoms with van der Waals surface area (Å²) in [7, 11) is -0.749. The molecule has 1 amide bonds. The van der Waals surface area contributed by atoms with E-state index in [-0.39, 0.29) is 5.91 Å². The smallest absolute Gasteiger partial charge is 0.220 e. The molecule has 0 saturated carbocycles. The van der Waals surface area contributed by atoms with Crippen LogP contribution in [-0.4, -0.2) is 41.3 Å². The minimum Gasteiger partial charge on any atom is -0.356 e. The second-order valence-corrected chi connectivity index (χ2v) is 6.22. The summed E-state index contributed by atoms with van der Waals surface area (Å²) in [6.07, 6.45) is 7.77. The average molecular weight is 260 g/mol.